The van der Waals surface area contributed by atoms with Crippen molar-refractivity contribution < 1.29 is 0 Å². The Balaban J connectivity index is 1.73. The molecular formula is C18H14ClN3. The fourth-order valence-electron chi connectivity index (χ4n) is 2.67. The Morgan fingerprint density at radius 3 is 2.68 bits per heavy atom. The zero-order chi connectivity index (χ0) is 14.9. The van der Waals surface area contributed by atoms with Crippen molar-refractivity contribution in [3.8, 4) is 11.4 Å². The summed E-state index contributed by atoms with van der Waals surface area (Å²) in [6.45, 7) is 0. The van der Waals surface area contributed by atoms with E-state index in [2.05, 4.69) is 46.6 Å². The van der Waals surface area contributed by atoms with E-state index in [-0.39, 0.29) is 0 Å². The third-order valence-electron chi connectivity index (χ3n) is 3.87. The maximum atomic E-state index is 5.93. The molecule has 3 aromatic rings. The fraction of sp³-hybridized carbons (Fsp3) is 0.111. The molecule has 2 heterocycles. The quantitative estimate of drug-likeness (QED) is 0.690. The number of hydrogen-bond donors (Lipinski definition) is 0. The first-order chi connectivity index (χ1) is 10.8. The van der Waals surface area contributed by atoms with Crippen molar-refractivity contribution in [2.45, 2.75) is 12.3 Å². The van der Waals surface area contributed by atoms with Gasteiger partial charge in [-0.25, -0.2) is 9.50 Å². The first kappa shape index (κ1) is 13.3. The number of hydrogen-bond acceptors (Lipinski definition) is 2. The van der Waals surface area contributed by atoms with Gasteiger partial charge in [0.15, 0.2) is 11.5 Å². The van der Waals surface area contributed by atoms with Crippen LogP contribution >= 0.6 is 11.6 Å². The maximum Gasteiger partial charge on any atom is 0.182 e. The fourth-order valence-corrected chi connectivity index (χ4v) is 2.79. The van der Waals surface area contributed by atoms with E-state index in [1.54, 1.807) is 0 Å². The van der Waals surface area contributed by atoms with Crippen molar-refractivity contribution in [3.63, 3.8) is 0 Å². The Bertz CT molecular complexity index is 875. The summed E-state index contributed by atoms with van der Waals surface area (Å²) in [5.74, 6) is 1.13. The number of benzene rings is 1. The summed E-state index contributed by atoms with van der Waals surface area (Å²) in [4.78, 5) is 4.58. The van der Waals surface area contributed by atoms with Crippen molar-refractivity contribution in [1.29, 1.82) is 0 Å². The number of allylic oxidation sites excluding steroid dienone is 4. The SMILES string of the molecule is Clc1ccc(-c2nc3ccc(C4C=CC=CC4)cn3n2)cc1. The summed E-state index contributed by atoms with van der Waals surface area (Å²) in [6, 6.07) is 11.7. The summed E-state index contributed by atoms with van der Waals surface area (Å²) in [5, 5.41) is 5.30. The standard InChI is InChI=1S/C18H14ClN3/c19-16-9-6-14(7-10-16)18-20-17-11-8-15(12-22(17)21-18)13-4-2-1-3-5-13/h1-4,6-13H,5H2. The zero-order valence-corrected chi connectivity index (χ0v) is 12.6. The minimum absolute atomic E-state index is 0.414. The number of nitrogens with zero attached hydrogens (tertiary/aromatic N) is 3. The Labute approximate surface area is 133 Å². The second-order valence-electron chi connectivity index (χ2n) is 5.36. The molecule has 0 spiro atoms. The lowest BCUT2D eigenvalue weighted by Crippen LogP contribution is -1.99. The van der Waals surface area contributed by atoms with Crippen LogP contribution < -0.4 is 0 Å². The van der Waals surface area contributed by atoms with Gasteiger partial charge in [-0.2, -0.15) is 0 Å². The molecule has 0 saturated carbocycles. The third-order valence-corrected chi connectivity index (χ3v) is 4.12. The zero-order valence-electron chi connectivity index (χ0n) is 11.9. The minimum atomic E-state index is 0.414. The molecule has 3 nitrogen and oxygen atoms in total. The monoisotopic (exact) mass is 307 g/mol. The molecule has 0 fully saturated rings. The first-order valence-electron chi connectivity index (χ1n) is 7.25. The van der Waals surface area contributed by atoms with E-state index in [4.69, 9.17) is 11.6 Å². The molecule has 1 aliphatic rings. The molecule has 2 aromatic heterocycles. The van der Waals surface area contributed by atoms with Crippen LogP contribution in [0.5, 0.6) is 0 Å². The number of aromatic nitrogens is 3. The van der Waals surface area contributed by atoms with E-state index < -0.39 is 0 Å². The molecule has 4 heteroatoms. The molecule has 0 amide bonds. The summed E-state index contributed by atoms with van der Waals surface area (Å²) in [5.41, 5.74) is 3.07. The van der Waals surface area contributed by atoms with Crippen molar-refractivity contribution in [1.82, 2.24) is 14.6 Å². The third kappa shape index (κ3) is 2.44. The number of rotatable bonds is 2. The summed E-state index contributed by atoms with van der Waals surface area (Å²) in [7, 11) is 0. The van der Waals surface area contributed by atoms with Crippen LogP contribution in [0.15, 0.2) is 66.9 Å². The predicted molar refractivity (Wildman–Crippen MR) is 89.1 cm³/mol. The van der Waals surface area contributed by atoms with Crippen molar-refractivity contribution in [3.05, 3.63) is 77.5 Å². The van der Waals surface area contributed by atoms with Crippen molar-refractivity contribution >= 4 is 17.2 Å². The largest absolute Gasteiger partial charge is 0.220 e. The van der Waals surface area contributed by atoms with Gasteiger partial charge < -0.3 is 0 Å². The smallest absolute Gasteiger partial charge is 0.182 e. The molecule has 108 valence electrons. The van der Waals surface area contributed by atoms with Gasteiger partial charge in [0.05, 0.1) is 0 Å². The highest BCUT2D eigenvalue weighted by Crippen LogP contribution is 2.25. The lowest BCUT2D eigenvalue weighted by Gasteiger charge is -2.12. The van der Waals surface area contributed by atoms with Crippen LogP contribution in [0.4, 0.5) is 0 Å². The first-order valence-corrected chi connectivity index (χ1v) is 7.63. The van der Waals surface area contributed by atoms with Gasteiger partial charge in [0.1, 0.15) is 0 Å². The van der Waals surface area contributed by atoms with Gasteiger partial charge >= 0.3 is 0 Å². The minimum Gasteiger partial charge on any atom is -0.220 e. The summed E-state index contributed by atoms with van der Waals surface area (Å²) < 4.78 is 1.85. The van der Waals surface area contributed by atoms with Crippen LogP contribution in [-0.4, -0.2) is 14.6 Å². The average molecular weight is 308 g/mol. The Kier molecular flexibility index (Phi) is 3.28. The van der Waals surface area contributed by atoms with Gasteiger partial charge in [-0.1, -0.05) is 42.0 Å². The van der Waals surface area contributed by atoms with E-state index in [9.17, 15) is 0 Å². The van der Waals surface area contributed by atoms with Crippen LogP contribution in [0.2, 0.25) is 5.02 Å². The molecule has 0 bridgehead atoms. The van der Waals surface area contributed by atoms with Gasteiger partial charge in [0.2, 0.25) is 0 Å². The summed E-state index contributed by atoms with van der Waals surface area (Å²) >= 11 is 5.93. The highest BCUT2D eigenvalue weighted by molar-refractivity contribution is 6.30. The van der Waals surface area contributed by atoms with Crippen LogP contribution in [0, 0.1) is 0 Å². The highest BCUT2D eigenvalue weighted by Gasteiger charge is 2.11. The average Bonchev–Trinajstić information content (AvgIpc) is 2.99. The Hall–Kier alpha value is -2.39. The van der Waals surface area contributed by atoms with Crippen LogP contribution in [0.3, 0.4) is 0 Å². The van der Waals surface area contributed by atoms with Gasteiger partial charge in [0, 0.05) is 22.7 Å². The molecule has 0 aliphatic heterocycles. The van der Waals surface area contributed by atoms with Crippen LogP contribution in [0.1, 0.15) is 17.9 Å². The molecule has 1 aromatic carbocycles. The van der Waals surface area contributed by atoms with Gasteiger partial charge in [-0.05, 0) is 42.3 Å². The van der Waals surface area contributed by atoms with Crippen molar-refractivity contribution in [2.75, 3.05) is 0 Å². The Morgan fingerprint density at radius 2 is 1.91 bits per heavy atom. The second kappa shape index (κ2) is 5.43. The number of pyridine rings is 1. The molecule has 1 atom stereocenters. The molecular weight excluding hydrogens is 294 g/mol. The molecule has 22 heavy (non-hydrogen) atoms. The van der Waals surface area contributed by atoms with Crippen LogP contribution in [0.25, 0.3) is 17.0 Å². The van der Waals surface area contributed by atoms with Crippen LogP contribution in [-0.2, 0) is 0 Å². The number of halogens is 1. The van der Waals surface area contributed by atoms with Gasteiger partial charge in [-0.3, -0.25) is 0 Å². The van der Waals surface area contributed by atoms with Gasteiger partial charge in [0.25, 0.3) is 0 Å². The molecule has 0 radical (unpaired) electrons. The lowest BCUT2D eigenvalue weighted by atomic mass is 9.94. The maximum absolute atomic E-state index is 5.93. The normalized spacial score (nSPS) is 17.2. The molecule has 0 N–H and O–H groups in total. The lowest BCUT2D eigenvalue weighted by molar-refractivity contribution is 0.829. The van der Waals surface area contributed by atoms with E-state index in [0.29, 0.717) is 16.8 Å². The van der Waals surface area contributed by atoms with Gasteiger partial charge in [-0.15, -0.1) is 5.10 Å². The molecule has 4 rings (SSSR count). The van der Waals surface area contributed by atoms with E-state index in [1.165, 1.54) is 5.56 Å². The molecule has 1 unspecified atom stereocenters. The van der Waals surface area contributed by atoms with E-state index in [1.807, 2.05) is 34.8 Å². The topological polar surface area (TPSA) is 30.2 Å². The number of fused-ring (bicyclic) bond motifs is 1. The van der Waals surface area contributed by atoms with Crippen molar-refractivity contribution in [2.24, 2.45) is 0 Å². The predicted octanol–water partition coefficient (Wildman–Crippen LogP) is 4.65. The second-order valence-corrected chi connectivity index (χ2v) is 5.80. The van der Waals surface area contributed by atoms with E-state index in [0.717, 1.165) is 17.6 Å². The summed E-state index contributed by atoms with van der Waals surface area (Å²) in [6.07, 6.45) is 11.7. The molecule has 1 aliphatic carbocycles. The highest BCUT2D eigenvalue weighted by atomic mass is 35.5. The van der Waals surface area contributed by atoms with E-state index >= 15 is 0 Å². The Morgan fingerprint density at radius 1 is 1.05 bits per heavy atom. The molecule has 0 saturated heterocycles.